The van der Waals surface area contributed by atoms with Crippen LogP contribution in [0.25, 0.3) is 10.6 Å². The van der Waals surface area contributed by atoms with Crippen LogP contribution in [0.4, 0.5) is 10.5 Å². The van der Waals surface area contributed by atoms with Gasteiger partial charge in [0.05, 0.1) is 6.10 Å². The first-order valence-corrected chi connectivity index (χ1v) is 8.81. The molecule has 5 nitrogen and oxygen atoms in total. The van der Waals surface area contributed by atoms with E-state index < -0.39 is 0 Å². The minimum Gasteiger partial charge on any atom is -0.393 e. The van der Waals surface area contributed by atoms with E-state index in [4.69, 9.17) is 0 Å². The van der Waals surface area contributed by atoms with E-state index in [1.54, 1.807) is 17.5 Å². The molecule has 1 heterocycles. The van der Waals surface area contributed by atoms with Crippen LogP contribution in [-0.2, 0) is 0 Å². The number of aliphatic hydroxyl groups is 1. The highest BCUT2D eigenvalue weighted by Gasteiger charge is 2.20. The molecule has 1 aliphatic carbocycles. The summed E-state index contributed by atoms with van der Waals surface area (Å²) in [6.07, 6.45) is 5.34. The van der Waals surface area contributed by atoms with Crippen molar-refractivity contribution in [2.45, 2.75) is 31.8 Å². The van der Waals surface area contributed by atoms with E-state index in [0.29, 0.717) is 12.5 Å². The standard InChI is InChI=1S/C17H21N3O2S/c21-15-3-1-2-12(10-15)11-19-17(22)20-14-6-4-13(5-7-14)16-18-8-9-23-16/h4-9,12,15,21H,1-3,10-11H2,(H2,19,20,22). The Morgan fingerprint density at radius 2 is 2.13 bits per heavy atom. The molecule has 0 saturated heterocycles. The first-order chi connectivity index (χ1) is 11.2. The van der Waals surface area contributed by atoms with Crippen LogP contribution in [0.1, 0.15) is 25.7 Å². The summed E-state index contributed by atoms with van der Waals surface area (Å²) in [4.78, 5) is 16.2. The zero-order valence-electron chi connectivity index (χ0n) is 12.9. The van der Waals surface area contributed by atoms with Crippen molar-refractivity contribution < 1.29 is 9.90 Å². The lowest BCUT2D eigenvalue weighted by Crippen LogP contribution is -2.35. The van der Waals surface area contributed by atoms with Crippen molar-refractivity contribution in [3.63, 3.8) is 0 Å². The van der Waals surface area contributed by atoms with Gasteiger partial charge in [-0.3, -0.25) is 0 Å². The highest BCUT2D eigenvalue weighted by atomic mass is 32.1. The van der Waals surface area contributed by atoms with Crippen LogP contribution in [0.15, 0.2) is 35.8 Å². The van der Waals surface area contributed by atoms with Crippen LogP contribution in [0.5, 0.6) is 0 Å². The molecule has 0 aliphatic heterocycles. The second kappa shape index (κ2) is 7.57. The Morgan fingerprint density at radius 3 is 2.83 bits per heavy atom. The molecule has 1 aliphatic rings. The number of aliphatic hydroxyl groups excluding tert-OH is 1. The number of benzene rings is 1. The summed E-state index contributed by atoms with van der Waals surface area (Å²) < 4.78 is 0. The Labute approximate surface area is 139 Å². The van der Waals surface area contributed by atoms with Crippen molar-refractivity contribution in [3.8, 4) is 10.6 Å². The Bertz CT molecular complexity index is 628. The van der Waals surface area contributed by atoms with Gasteiger partial charge in [0.15, 0.2) is 0 Å². The normalized spacial score (nSPS) is 20.9. The zero-order valence-corrected chi connectivity index (χ0v) is 13.7. The summed E-state index contributed by atoms with van der Waals surface area (Å²) in [6.45, 7) is 0.611. The fourth-order valence-corrected chi connectivity index (χ4v) is 3.57. The molecule has 2 atom stereocenters. The highest BCUT2D eigenvalue weighted by Crippen LogP contribution is 2.24. The molecule has 3 N–H and O–H groups in total. The number of anilines is 1. The third-order valence-electron chi connectivity index (χ3n) is 4.13. The largest absolute Gasteiger partial charge is 0.393 e. The van der Waals surface area contributed by atoms with Gasteiger partial charge in [0.25, 0.3) is 0 Å². The topological polar surface area (TPSA) is 74.2 Å². The van der Waals surface area contributed by atoms with Crippen LogP contribution < -0.4 is 10.6 Å². The van der Waals surface area contributed by atoms with Gasteiger partial charge in [0, 0.05) is 29.4 Å². The molecule has 2 aromatic rings. The lowest BCUT2D eigenvalue weighted by atomic mass is 9.87. The number of rotatable bonds is 4. The Morgan fingerprint density at radius 1 is 1.30 bits per heavy atom. The average molecular weight is 331 g/mol. The molecular formula is C17H21N3O2S. The van der Waals surface area contributed by atoms with Gasteiger partial charge in [-0.2, -0.15) is 0 Å². The summed E-state index contributed by atoms with van der Waals surface area (Å²) in [5.74, 6) is 0.372. The number of amides is 2. The van der Waals surface area contributed by atoms with E-state index in [1.165, 1.54) is 0 Å². The molecule has 0 bridgehead atoms. The van der Waals surface area contributed by atoms with E-state index in [0.717, 1.165) is 41.9 Å². The molecule has 23 heavy (non-hydrogen) atoms. The van der Waals surface area contributed by atoms with Gasteiger partial charge in [0.1, 0.15) is 5.01 Å². The minimum absolute atomic E-state index is 0.202. The Kier molecular flexibility index (Phi) is 5.25. The summed E-state index contributed by atoms with van der Waals surface area (Å²) in [6, 6.07) is 7.45. The van der Waals surface area contributed by atoms with Crippen molar-refractivity contribution in [1.82, 2.24) is 10.3 Å². The Balaban J connectivity index is 1.48. The quantitative estimate of drug-likeness (QED) is 0.803. The molecule has 1 aromatic heterocycles. The van der Waals surface area contributed by atoms with Crippen LogP contribution in [0.2, 0.25) is 0 Å². The molecule has 0 radical (unpaired) electrons. The third-order valence-corrected chi connectivity index (χ3v) is 4.95. The Hall–Kier alpha value is -1.92. The number of hydrogen-bond acceptors (Lipinski definition) is 4. The summed E-state index contributed by atoms with van der Waals surface area (Å²) in [5.41, 5.74) is 1.80. The zero-order chi connectivity index (χ0) is 16.1. The van der Waals surface area contributed by atoms with Crippen LogP contribution in [0, 0.1) is 5.92 Å². The fraction of sp³-hybridized carbons (Fsp3) is 0.412. The molecule has 2 amide bonds. The van der Waals surface area contributed by atoms with E-state index >= 15 is 0 Å². The number of thiazole rings is 1. The van der Waals surface area contributed by atoms with Crippen molar-refractivity contribution >= 4 is 23.1 Å². The van der Waals surface area contributed by atoms with Gasteiger partial charge in [-0.1, -0.05) is 6.42 Å². The number of nitrogens with one attached hydrogen (secondary N) is 2. The summed E-state index contributed by atoms with van der Waals surface area (Å²) in [5, 5.41) is 18.3. The molecule has 1 aromatic carbocycles. The number of carbonyl (C=O) groups is 1. The predicted molar refractivity (Wildman–Crippen MR) is 92.5 cm³/mol. The number of aromatic nitrogens is 1. The molecule has 6 heteroatoms. The molecule has 1 saturated carbocycles. The van der Waals surface area contributed by atoms with Gasteiger partial charge >= 0.3 is 6.03 Å². The first-order valence-electron chi connectivity index (χ1n) is 7.93. The van der Waals surface area contributed by atoms with Gasteiger partial charge < -0.3 is 15.7 Å². The first kappa shape index (κ1) is 16.0. The van der Waals surface area contributed by atoms with Gasteiger partial charge in [0.2, 0.25) is 0 Å². The lowest BCUT2D eigenvalue weighted by molar-refractivity contribution is 0.101. The number of hydrogen-bond donors (Lipinski definition) is 3. The summed E-state index contributed by atoms with van der Waals surface area (Å²) in [7, 11) is 0. The number of nitrogens with zero attached hydrogens (tertiary/aromatic N) is 1. The van der Waals surface area contributed by atoms with Crippen LogP contribution in [0.3, 0.4) is 0 Å². The maximum atomic E-state index is 12.0. The molecule has 2 unspecified atom stereocenters. The maximum Gasteiger partial charge on any atom is 0.319 e. The molecule has 3 rings (SSSR count). The monoisotopic (exact) mass is 331 g/mol. The van der Waals surface area contributed by atoms with Crippen molar-refractivity contribution in [3.05, 3.63) is 35.8 Å². The molecular weight excluding hydrogens is 310 g/mol. The third kappa shape index (κ3) is 4.53. The molecule has 0 spiro atoms. The van der Waals surface area contributed by atoms with E-state index in [9.17, 15) is 9.90 Å². The van der Waals surface area contributed by atoms with Gasteiger partial charge in [-0.05, 0) is 49.4 Å². The van der Waals surface area contributed by atoms with Crippen LogP contribution in [-0.4, -0.2) is 28.8 Å². The average Bonchev–Trinajstić information content (AvgIpc) is 3.08. The lowest BCUT2D eigenvalue weighted by Gasteiger charge is -2.25. The van der Waals surface area contributed by atoms with E-state index in [1.807, 2.05) is 29.6 Å². The number of carbonyl (C=O) groups excluding carboxylic acids is 1. The maximum absolute atomic E-state index is 12.0. The van der Waals surface area contributed by atoms with Crippen LogP contribution >= 0.6 is 11.3 Å². The SMILES string of the molecule is O=C(NCC1CCCC(O)C1)Nc1ccc(-c2nccs2)cc1. The van der Waals surface area contributed by atoms with Crippen molar-refractivity contribution in [1.29, 1.82) is 0 Å². The predicted octanol–water partition coefficient (Wildman–Crippen LogP) is 3.48. The highest BCUT2D eigenvalue weighted by molar-refractivity contribution is 7.13. The smallest absolute Gasteiger partial charge is 0.319 e. The van der Waals surface area contributed by atoms with E-state index in [2.05, 4.69) is 15.6 Å². The van der Waals surface area contributed by atoms with Gasteiger partial charge in [-0.25, -0.2) is 9.78 Å². The summed E-state index contributed by atoms with van der Waals surface area (Å²) >= 11 is 1.59. The minimum atomic E-state index is -0.211. The van der Waals surface area contributed by atoms with Crippen molar-refractivity contribution in [2.24, 2.45) is 5.92 Å². The molecule has 122 valence electrons. The second-order valence-corrected chi connectivity index (χ2v) is 6.83. The van der Waals surface area contributed by atoms with Gasteiger partial charge in [-0.15, -0.1) is 11.3 Å². The second-order valence-electron chi connectivity index (χ2n) is 5.94. The number of urea groups is 1. The van der Waals surface area contributed by atoms with Crippen molar-refractivity contribution in [2.75, 3.05) is 11.9 Å². The van der Waals surface area contributed by atoms with E-state index in [-0.39, 0.29) is 12.1 Å². The fourth-order valence-electron chi connectivity index (χ4n) is 2.92. The molecule has 1 fully saturated rings.